The Morgan fingerprint density at radius 2 is 1.65 bits per heavy atom. The van der Waals surface area contributed by atoms with Gasteiger partial charge in [0, 0.05) is 4.91 Å². The van der Waals surface area contributed by atoms with Crippen molar-refractivity contribution in [1.82, 2.24) is 0 Å². The van der Waals surface area contributed by atoms with Crippen molar-refractivity contribution in [2.45, 2.75) is 38.2 Å². The molecule has 0 aromatic heterocycles. The molecule has 4 atom stereocenters. The van der Waals surface area contributed by atoms with Crippen molar-refractivity contribution in [2.24, 2.45) is 17.8 Å². The van der Waals surface area contributed by atoms with Gasteiger partial charge in [-0.2, -0.15) is 0 Å². The Labute approximate surface area is 121 Å². The Kier molecular flexibility index (Phi) is 4.35. The molecule has 3 nitrogen and oxygen atoms in total. The standard InChI is InChI=1S/C16H22O3S/c1-11-12(2)15(17)9-10-16(13(11)3)20(18,19)14-7-5-4-6-8-14/h4-8,10-13,15,17H,9H2,1-3H3/t11-,12-,13+,15-/m1/s1. The molecule has 0 unspecified atom stereocenters. The van der Waals surface area contributed by atoms with Crippen molar-refractivity contribution in [3.8, 4) is 0 Å². The molecule has 110 valence electrons. The summed E-state index contributed by atoms with van der Waals surface area (Å²) in [5.74, 6) is 0.120. The predicted molar refractivity (Wildman–Crippen MR) is 79.8 cm³/mol. The van der Waals surface area contributed by atoms with Gasteiger partial charge in [-0.25, -0.2) is 8.42 Å². The molecule has 0 bridgehead atoms. The van der Waals surface area contributed by atoms with Gasteiger partial charge in [-0.05, 0) is 36.3 Å². The first kappa shape index (κ1) is 15.3. The lowest BCUT2D eigenvalue weighted by Gasteiger charge is -2.27. The summed E-state index contributed by atoms with van der Waals surface area (Å²) in [6.45, 7) is 5.93. The lowest BCUT2D eigenvalue weighted by molar-refractivity contribution is 0.0839. The zero-order valence-electron chi connectivity index (χ0n) is 12.2. The van der Waals surface area contributed by atoms with Crippen LogP contribution in [0.1, 0.15) is 27.2 Å². The van der Waals surface area contributed by atoms with Gasteiger partial charge in [0.1, 0.15) is 0 Å². The third kappa shape index (κ3) is 2.67. The minimum atomic E-state index is -3.46. The number of benzene rings is 1. The molecule has 0 saturated heterocycles. The average Bonchev–Trinajstić information content (AvgIpc) is 2.54. The number of allylic oxidation sites excluding steroid dienone is 1. The summed E-state index contributed by atoms with van der Waals surface area (Å²) in [5.41, 5.74) is 0. The molecule has 0 radical (unpaired) electrons. The van der Waals surface area contributed by atoms with Crippen LogP contribution in [0.25, 0.3) is 0 Å². The van der Waals surface area contributed by atoms with E-state index in [9.17, 15) is 13.5 Å². The average molecular weight is 294 g/mol. The molecule has 1 aromatic rings. The Balaban J connectivity index is 2.46. The van der Waals surface area contributed by atoms with E-state index in [2.05, 4.69) is 0 Å². The molecule has 0 fully saturated rings. The van der Waals surface area contributed by atoms with Crippen LogP contribution in [0.5, 0.6) is 0 Å². The lowest BCUT2D eigenvalue weighted by Crippen LogP contribution is -2.26. The summed E-state index contributed by atoms with van der Waals surface area (Å²) in [6, 6.07) is 8.51. The maximum Gasteiger partial charge on any atom is 0.202 e. The number of rotatable bonds is 2. The van der Waals surface area contributed by atoms with Gasteiger partial charge in [-0.3, -0.25) is 0 Å². The number of hydrogen-bond acceptors (Lipinski definition) is 3. The van der Waals surface area contributed by atoms with Gasteiger partial charge in [-0.1, -0.05) is 45.0 Å². The summed E-state index contributed by atoms with van der Waals surface area (Å²) < 4.78 is 25.5. The molecule has 0 saturated carbocycles. The molecule has 4 heteroatoms. The van der Waals surface area contributed by atoms with Crippen LogP contribution >= 0.6 is 0 Å². The number of sulfone groups is 1. The van der Waals surface area contributed by atoms with Crippen LogP contribution in [0.4, 0.5) is 0 Å². The van der Waals surface area contributed by atoms with E-state index < -0.39 is 15.9 Å². The van der Waals surface area contributed by atoms with Crippen LogP contribution in [-0.2, 0) is 9.84 Å². The number of aliphatic hydroxyl groups excluding tert-OH is 1. The third-order valence-electron chi connectivity index (χ3n) is 4.60. The first-order chi connectivity index (χ1) is 9.35. The highest BCUT2D eigenvalue weighted by atomic mass is 32.2. The summed E-state index contributed by atoms with van der Waals surface area (Å²) in [4.78, 5) is 0.772. The van der Waals surface area contributed by atoms with Gasteiger partial charge in [0.05, 0.1) is 11.0 Å². The normalized spacial score (nSPS) is 31.5. The van der Waals surface area contributed by atoms with Gasteiger partial charge in [-0.15, -0.1) is 0 Å². The van der Waals surface area contributed by atoms with Crippen LogP contribution in [-0.4, -0.2) is 19.6 Å². The van der Waals surface area contributed by atoms with Crippen molar-refractivity contribution in [2.75, 3.05) is 0 Å². The molecule has 2 rings (SSSR count). The zero-order valence-corrected chi connectivity index (χ0v) is 13.0. The van der Waals surface area contributed by atoms with E-state index >= 15 is 0 Å². The van der Waals surface area contributed by atoms with Gasteiger partial charge < -0.3 is 5.11 Å². The van der Waals surface area contributed by atoms with Crippen molar-refractivity contribution in [1.29, 1.82) is 0 Å². The van der Waals surface area contributed by atoms with Gasteiger partial charge in [0.2, 0.25) is 9.84 Å². The third-order valence-corrected chi connectivity index (χ3v) is 6.65. The second-order valence-electron chi connectivity index (χ2n) is 5.73. The molecule has 1 aromatic carbocycles. The molecule has 1 N–H and O–H groups in total. The molecular formula is C16H22O3S. The highest BCUT2D eigenvalue weighted by Gasteiger charge is 2.35. The van der Waals surface area contributed by atoms with E-state index in [1.54, 1.807) is 36.4 Å². The van der Waals surface area contributed by atoms with Gasteiger partial charge in [0.25, 0.3) is 0 Å². The highest BCUT2D eigenvalue weighted by Crippen LogP contribution is 2.37. The Bertz CT molecular complexity index is 589. The predicted octanol–water partition coefficient (Wildman–Crippen LogP) is 3.02. The highest BCUT2D eigenvalue weighted by molar-refractivity contribution is 7.95. The Morgan fingerprint density at radius 3 is 2.25 bits per heavy atom. The van der Waals surface area contributed by atoms with E-state index in [0.717, 1.165) is 0 Å². The molecule has 0 spiro atoms. The van der Waals surface area contributed by atoms with Crippen molar-refractivity contribution >= 4 is 9.84 Å². The van der Waals surface area contributed by atoms with Crippen LogP contribution < -0.4 is 0 Å². The van der Waals surface area contributed by atoms with Gasteiger partial charge in [0.15, 0.2) is 0 Å². The zero-order chi connectivity index (χ0) is 14.9. The van der Waals surface area contributed by atoms with Crippen molar-refractivity contribution < 1.29 is 13.5 Å². The number of hydrogen-bond donors (Lipinski definition) is 1. The van der Waals surface area contributed by atoms with E-state index in [-0.39, 0.29) is 17.8 Å². The van der Waals surface area contributed by atoms with Crippen LogP contribution in [0.15, 0.2) is 46.2 Å². The van der Waals surface area contributed by atoms with E-state index in [0.29, 0.717) is 16.2 Å². The van der Waals surface area contributed by atoms with Gasteiger partial charge >= 0.3 is 0 Å². The van der Waals surface area contributed by atoms with Crippen LogP contribution in [0.3, 0.4) is 0 Å². The Hall–Kier alpha value is -1.13. The van der Waals surface area contributed by atoms with E-state index in [1.165, 1.54) is 0 Å². The molecule has 20 heavy (non-hydrogen) atoms. The SMILES string of the molecule is C[C@@H]1[C@@H](C)[C@H](C)C(S(=O)(=O)c2ccccc2)=CC[C@H]1O. The molecule has 0 amide bonds. The molecule has 1 aliphatic rings. The van der Waals surface area contributed by atoms with Crippen LogP contribution in [0, 0.1) is 17.8 Å². The second kappa shape index (κ2) is 5.70. The summed E-state index contributed by atoms with van der Waals surface area (Å²) in [7, 11) is -3.46. The Morgan fingerprint density at radius 1 is 1.05 bits per heavy atom. The topological polar surface area (TPSA) is 54.4 Å². The lowest BCUT2D eigenvalue weighted by atomic mass is 9.83. The summed E-state index contributed by atoms with van der Waals surface area (Å²) in [5, 5.41) is 10.1. The minimum Gasteiger partial charge on any atom is -0.393 e. The fourth-order valence-corrected chi connectivity index (χ4v) is 4.60. The van der Waals surface area contributed by atoms with E-state index in [4.69, 9.17) is 0 Å². The monoisotopic (exact) mass is 294 g/mol. The molecule has 1 aliphatic carbocycles. The quantitative estimate of drug-likeness (QED) is 0.912. The number of aliphatic hydroxyl groups is 1. The first-order valence-electron chi connectivity index (χ1n) is 7.04. The second-order valence-corrected chi connectivity index (χ2v) is 7.68. The smallest absolute Gasteiger partial charge is 0.202 e. The van der Waals surface area contributed by atoms with Crippen molar-refractivity contribution in [3.63, 3.8) is 0 Å². The minimum absolute atomic E-state index is 0.0877. The fourth-order valence-electron chi connectivity index (χ4n) is 2.79. The molecular weight excluding hydrogens is 272 g/mol. The van der Waals surface area contributed by atoms with E-state index in [1.807, 2.05) is 20.8 Å². The van der Waals surface area contributed by atoms with Crippen LogP contribution in [0.2, 0.25) is 0 Å². The maximum atomic E-state index is 12.8. The molecule has 0 heterocycles. The molecule has 0 aliphatic heterocycles. The largest absolute Gasteiger partial charge is 0.393 e. The fraction of sp³-hybridized carbons (Fsp3) is 0.500. The maximum absolute atomic E-state index is 12.8. The summed E-state index contributed by atoms with van der Waals surface area (Å²) in [6.07, 6.45) is 1.63. The van der Waals surface area contributed by atoms with Crippen molar-refractivity contribution in [3.05, 3.63) is 41.3 Å². The first-order valence-corrected chi connectivity index (χ1v) is 8.52. The summed E-state index contributed by atoms with van der Waals surface area (Å²) >= 11 is 0.